The SMILES string of the molecule is CC(=O)Nc1ccc(NC(=O)CNc2ccc(C)cc2)cc1. The lowest BCUT2D eigenvalue weighted by Gasteiger charge is -2.09. The van der Waals surface area contributed by atoms with Crippen LogP contribution < -0.4 is 16.0 Å². The molecular formula is C17H19N3O2. The van der Waals surface area contributed by atoms with Gasteiger partial charge in [0.2, 0.25) is 11.8 Å². The normalized spacial score (nSPS) is 9.91. The number of aryl methyl sites for hydroxylation is 1. The van der Waals surface area contributed by atoms with Crippen LogP contribution in [0.15, 0.2) is 48.5 Å². The highest BCUT2D eigenvalue weighted by Crippen LogP contribution is 2.13. The maximum Gasteiger partial charge on any atom is 0.243 e. The molecule has 2 aromatic carbocycles. The lowest BCUT2D eigenvalue weighted by atomic mass is 10.2. The summed E-state index contributed by atoms with van der Waals surface area (Å²) in [5.74, 6) is -0.257. The average molecular weight is 297 g/mol. The van der Waals surface area contributed by atoms with Gasteiger partial charge in [0.1, 0.15) is 0 Å². The zero-order valence-corrected chi connectivity index (χ0v) is 12.6. The number of carbonyl (C=O) groups excluding carboxylic acids is 2. The number of amides is 2. The summed E-state index contributed by atoms with van der Waals surface area (Å²) in [6.07, 6.45) is 0. The topological polar surface area (TPSA) is 70.2 Å². The Kier molecular flexibility index (Phi) is 5.14. The molecular weight excluding hydrogens is 278 g/mol. The first-order valence-corrected chi connectivity index (χ1v) is 7.01. The van der Waals surface area contributed by atoms with E-state index in [9.17, 15) is 9.59 Å². The van der Waals surface area contributed by atoms with E-state index >= 15 is 0 Å². The molecule has 2 amide bonds. The minimum absolute atomic E-state index is 0.126. The largest absolute Gasteiger partial charge is 0.376 e. The van der Waals surface area contributed by atoms with Gasteiger partial charge in [0, 0.05) is 24.0 Å². The summed E-state index contributed by atoms with van der Waals surface area (Å²) in [6, 6.07) is 14.8. The molecule has 0 bridgehead atoms. The Morgan fingerprint density at radius 2 is 1.32 bits per heavy atom. The summed E-state index contributed by atoms with van der Waals surface area (Å²) in [5.41, 5.74) is 3.46. The fraction of sp³-hybridized carbons (Fsp3) is 0.176. The Morgan fingerprint density at radius 3 is 1.86 bits per heavy atom. The van der Waals surface area contributed by atoms with E-state index in [-0.39, 0.29) is 18.4 Å². The Bertz CT molecular complexity index is 649. The van der Waals surface area contributed by atoms with Crippen molar-refractivity contribution in [1.82, 2.24) is 0 Å². The van der Waals surface area contributed by atoms with Gasteiger partial charge in [0.15, 0.2) is 0 Å². The first kappa shape index (κ1) is 15.6. The number of rotatable bonds is 5. The monoisotopic (exact) mass is 297 g/mol. The molecule has 0 aliphatic rings. The van der Waals surface area contributed by atoms with Crippen LogP contribution in [-0.2, 0) is 9.59 Å². The molecule has 0 saturated carbocycles. The molecule has 0 aliphatic carbocycles. The molecule has 0 heterocycles. The maximum atomic E-state index is 11.9. The second-order valence-electron chi connectivity index (χ2n) is 5.03. The Labute approximate surface area is 129 Å². The number of hydrogen-bond donors (Lipinski definition) is 3. The third-order valence-corrected chi connectivity index (χ3v) is 2.99. The van der Waals surface area contributed by atoms with Crippen LogP contribution >= 0.6 is 0 Å². The van der Waals surface area contributed by atoms with Gasteiger partial charge in [-0.25, -0.2) is 0 Å². The van der Waals surface area contributed by atoms with Crippen molar-refractivity contribution < 1.29 is 9.59 Å². The molecule has 5 heteroatoms. The molecule has 0 saturated heterocycles. The third kappa shape index (κ3) is 4.94. The smallest absolute Gasteiger partial charge is 0.243 e. The van der Waals surface area contributed by atoms with E-state index in [1.165, 1.54) is 12.5 Å². The molecule has 114 valence electrons. The first-order chi connectivity index (χ1) is 10.5. The highest BCUT2D eigenvalue weighted by Gasteiger charge is 2.03. The van der Waals surface area contributed by atoms with E-state index in [2.05, 4.69) is 16.0 Å². The second kappa shape index (κ2) is 7.26. The predicted octanol–water partition coefficient (Wildman–Crippen LogP) is 3.00. The Hall–Kier alpha value is -2.82. The third-order valence-electron chi connectivity index (χ3n) is 2.99. The summed E-state index contributed by atoms with van der Waals surface area (Å²) < 4.78 is 0. The molecule has 5 nitrogen and oxygen atoms in total. The predicted molar refractivity (Wildman–Crippen MR) is 89.0 cm³/mol. The number of hydrogen-bond acceptors (Lipinski definition) is 3. The van der Waals surface area contributed by atoms with E-state index in [1.54, 1.807) is 24.3 Å². The molecule has 2 aromatic rings. The van der Waals surface area contributed by atoms with E-state index in [4.69, 9.17) is 0 Å². The minimum atomic E-state index is -0.132. The second-order valence-corrected chi connectivity index (χ2v) is 5.03. The zero-order chi connectivity index (χ0) is 15.9. The van der Waals surface area contributed by atoms with Crippen LogP contribution in [0.3, 0.4) is 0 Å². The maximum absolute atomic E-state index is 11.9. The molecule has 0 atom stereocenters. The van der Waals surface area contributed by atoms with Crippen molar-refractivity contribution in [3.63, 3.8) is 0 Å². The Balaban J connectivity index is 1.83. The summed E-state index contributed by atoms with van der Waals surface area (Å²) in [6.45, 7) is 3.66. The van der Waals surface area contributed by atoms with E-state index in [0.717, 1.165) is 5.69 Å². The van der Waals surface area contributed by atoms with Crippen LogP contribution in [0.2, 0.25) is 0 Å². The van der Waals surface area contributed by atoms with Gasteiger partial charge in [-0.15, -0.1) is 0 Å². The molecule has 0 aliphatic heterocycles. The van der Waals surface area contributed by atoms with Gasteiger partial charge in [-0.2, -0.15) is 0 Å². The van der Waals surface area contributed by atoms with E-state index < -0.39 is 0 Å². The molecule has 0 radical (unpaired) electrons. The van der Waals surface area contributed by atoms with Crippen molar-refractivity contribution in [1.29, 1.82) is 0 Å². The standard InChI is InChI=1S/C17H19N3O2/c1-12-3-5-14(6-4-12)18-11-17(22)20-16-9-7-15(8-10-16)19-13(2)21/h3-10,18H,11H2,1-2H3,(H,19,21)(H,20,22). The van der Waals surface area contributed by atoms with E-state index in [1.807, 2.05) is 31.2 Å². The van der Waals surface area contributed by atoms with Crippen molar-refractivity contribution in [3.8, 4) is 0 Å². The van der Waals surface area contributed by atoms with Crippen LogP contribution in [0.1, 0.15) is 12.5 Å². The number of benzene rings is 2. The van der Waals surface area contributed by atoms with Crippen molar-refractivity contribution in [2.45, 2.75) is 13.8 Å². The van der Waals surface area contributed by atoms with Crippen molar-refractivity contribution in [2.24, 2.45) is 0 Å². The molecule has 0 fully saturated rings. The fourth-order valence-electron chi connectivity index (χ4n) is 1.90. The summed E-state index contributed by atoms with van der Waals surface area (Å²) in [7, 11) is 0. The lowest BCUT2D eigenvalue weighted by Crippen LogP contribution is -2.21. The van der Waals surface area contributed by atoms with Crippen molar-refractivity contribution in [3.05, 3.63) is 54.1 Å². The summed E-state index contributed by atoms with van der Waals surface area (Å²) in [4.78, 5) is 22.8. The number of nitrogens with one attached hydrogen (secondary N) is 3. The molecule has 3 N–H and O–H groups in total. The highest BCUT2D eigenvalue weighted by molar-refractivity contribution is 5.94. The van der Waals surface area contributed by atoms with Gasteiger partial charge < -0.3 is 16.0 Å². The molecule has 0 aromatic heterocycles. The minimum Gasteiger partial charge on any atom is -0.376 e. The van der Waals surface area contributed by atoms with Crippen molar-refractivity contribution in [2.75, 3.05) is 22.5 Å². The van der Waals surface area contributed by atoms with Gasteiger partial charge in [0.25, 0.3) is 0 Å². The molecule has 22 heavy (non-hydrogen) atoms. The van der Waals surface area contributed by atoms with Gasteiger partial charge in [-0.1, -0.05) is 17.7 Å². The van der Waals surface area contributed by atoms with Gasteiger partial charge in [0.05, 0.1) is 6.54 Å². The van der Waals surface area contributed by atoms with Crippen LogP contribution in [0, 0.1) is 6.92 Å². The quantitative estimate of drug-likeness (QED) is 0.794. The van der Waals surface area contributed by atoms with Crippen LogP contribution in [0.4, 0.5) is 17.1 Å². The van der Waals surface area contributed by atoms with Gasteiger partial charge >= 0.3 is 0 Å². The number of carbonyl (C=O) groups is 2. The van der Waals surface area contributed by atoms with Gasteiger partial charge in [-0.3, -0.25) is 9.59 Å². The molecule has 0 spiro atoms. The fourth-order valence-corrected chi connectivity index (χ4v) is 1.90. The van der Waals surface area contributed by atoms with Gasteiger partial charge in [-0.05, 0) is 43.3 Å². The first-order valence-electron chi connectivity index (χ1n) is 7.01. The van der Waals surface area contributed by atoms with Crippen LogP contribution in [0.5, 0.6) is 0 Å². The van der Waals surface area contributed by atoms with Crippen molar-refractivity contribution >= 4 is 28.9 Å². The number of anilines is 3. The molecule has 0 unspecified atom stereocenters. The van der Waals surface area contributed by atoms with Crippen LogP contribution in [0.25, 0.3) is 0 Å². The zero-order valence-electron chi connectivity index (χ0n) is 12.6. The molecule has 2 rings (SSSR count). The van der Waals surface area contributed by atoms with E-state index in [0.29, 0.717) is 11.4 Å². The summed E-state index contributed by atoms with van der Waals surface area (Å²) >= 11 is 0. The summed E-state index contributed by atoms with van der Waals surface area (Å²) in [5, 5.41) is 8.52. The average Bonchev–Trinajstić information content (AvgIpc) is 2.48. The Morgan fingerprint density at radius 1 is 0.818 bits per heavy atom. The lowest BCUT2D eigenvalue weighted by molar-refractivity contribution is -0.115. The van der Waals surface area contributed by atoms with Crippen LogP contribution in [-0.4, -0.2) is 18.4 Å². The highest BCUT2D eigenvalue weighted by atomic mass is 16.2.